The summed E-state index contributed by atoms with van der Waals surface area (Å²) in [5.41, 5.74) is 3.92. The predicted molar refractivity (Wildman–Crippen MR) is 74.7 cm³/mol. The number of hydrogen-bond donors (Lipinski definition) is 2. The Labute approximate surface area is 113 Å². The fraction of sp³-hybridized carbons (Fsp3) is 0.467. The van der Waals surface area contributed by atoms with Crippen LogP contribution >= 0.6 is 0 Å². The largest absolute Gasteiger partial charge is 0.481 e. The molecule has 0 aliphatic carbocycles. The maximum Gasteiger partial charge on any atom is 0.304 e. The van der Waals surface area contributed by atoms with Crippen molar-refractivity contribution in [3.63, 3.8) is 0 Å². The highest BCUT2D eigenvalue weighted by molar-refractivity contribution is 6.01. The Hall–Kier alpha value is -1.68. The highest BCUT2D eigenvalue weighted by Crippen LogP contribution is 2.17. The molecule has 0 radical (unpaired) electrons. The first-order chi connectivity index (χ1) is 8.82. The van der Waals surface area contributed by atoms with E-state index in [-0.39, 0.29) is 18.2 Å². The van der Waals surface area contributed by atoms with Gasteiger partial charge in [-0.2, -0.15) is 0 Å². The van der Waals surface area contributed by atoms with Crippen LogP contribution in [0.5, 0.6) is 0 Å². The zero-order valence-corrected chi connectivity index (χ0v) is 11.9. The van der Waals surface area contributed by atoms with Crippen molar-refractivity contribution < 1.29 is 14.7 Å². The average molecular weight is 263 g/mol. The second-order valence-corrected chi connectivity index (χ2v) is 4.94. The van der Waals surface area contributed by atoms with Crippen molar-refractivity contribution in [1.82, 2.24) is 5.32 Å². The average Bonchev–Trinajstić information content (AvgIpc) is 2.32. The lowest BCUT2D eigenvalue weighted by atomic mass is 9.95. The summed E-state index contributed by atoms with van der Waals surface area (Å²) in [5, 5.41) is 11.5. The van der Waals surface area contributed by atoms with Gasteiger partial charge in [0.05, 0.1) is 12.5 Å². The van der Waals surface area contributed by atoms with Gasteiger partial charge in [0.15, 0.2) is 5.78 Å². The highest BCUT2D eigenvalue weighted by atomic mass is 16.4. The number of Topliss-reactive ketones (excluding diaryl/α,β-unsaturated/α-hetero) is 1. The summed E-state index contributed by atoms with van der Waals surface area (Å²) < 4.78 is 0. The fourth-order valence-corrected chi connectivity index (χ4v) is 1.95. The lowest BCUT2D eigenvalue weighted by Gasteiger charge is -2.15. The van der Waals surface area contributed by atoms with Crippen molar-refractivity contribution >= 4 is 11.8 Å². The van der Waals surface area contributed by atoms with Crippen LogP contribution in [-0.2, 0) is 4.79 Å². The quantitative estimate of drug-likeness (QED) is 0.772. The number of benzene rings is 1. The predicted octanol–water partition coefficient (Wildman–Crippen LogP) is 2.25. The summed E-state index contributed by atoms with van der Waals surface area (Å²) >= 11 is 0. The van der Waals surface area contributed by atoms with Crippen LogP contribution in [-0.4, -0.2) is 29.4 Å². The van der Waals surface area contributed by atoms with Gasteiger partial charge in [0.25, 0.3) is 0 Å². The lowest BCUT2D eigenvalue weighted by molar-refractivity contribution is -0.136. The van der Waals surface area contributed by atoms with E-state index >= 15 is 0 Å². The number of carboxylic acid groups (broad SMARTS) is 1. The van der Waals surface area contributed by atoms with E-state index in [9.17, 15) is 9.59 Å². The molecule has 0 aromatic heterocycles. The third-order valence-electron chi connectivity index (χ3n) is 3.29. The highest BCUT2D eigenvalue weighted by Gasteiger charge is 2.17. The van der Waals surface area contributed by atoms with Crippen LogP contribution in [0.1, 0.15) is 40.4 Å². The first kappa shape index (κ1) is 15.4. The van der Waals surface area contributed by atoms with Crippen molar-refractivity contribution in [1.29, 1.82) is 0 Å². The third-order valence-corrected chi connectivity index (χ3v) is 3.29. The van der Waals surface area contributed by atoms with E-state index in [1.807, 2.05) is 32.9 Å². The van der Waals surface area contributed by atoms with Crippen LogP contribution in [0.2, 0.25) is 0 Å². The summed E-state index contributed by atoms with van der Waals surface area (Å²) in [4.78, 5) is 22.7. The number of carbonyl (C=O) groups is 2. The number of aliphatic carboxylic acids is 1. The van der Waals surface area contributed by atoms with Gasteiger partial charge >= 0.3 is 5.97 Å². The number of hydrogen-bond acceptors (Lipinski definition) is 3. The van der Waals surface area contributed by atoms with Crippen LogP contribution in [0.25, 0.3) is 0 Å². The lowest BCUT2D eigenvalue weighted by Crippen LogP contribution is -2.35. The molecular weight excluding hydrogens is 242 g/mol. The van der Waals surface area contributed by atoms with E-state index in [0.717, 1.165) is 11.1 Å². The SMILES string of the molecule is Cc1cc(C)c(C(=O)C(C)NCCC(=O)O)cc1C. The topological polar surface area (TPSA) is 66.4 Å². The number of nitrogens with one attached hydrogen (secondary N) is 1. The third kappa shape index (κ3) is 4.17. The maximum absolute atomic E-state index is 12.3. The molecule has 104 valence electrons. The Balaban J connectivity index is 2.77. The monoisotopic (exact) mass is 263 g/mol. The Morgan fingerprint density at radius 2 is 1.74 bits per heavy atom. The van der Waals surface area contributed by atoms with Crippen molar-refractivity contribution in [2.45, 2.75) is 40.2 Å². The molecule has 4 heteroatoms. The van der Waals surface area contributed by atoms with E-state index in [4.69, 9.17) is 5.11 Å². The molecule has 0 fully saturated rings. The molecule has 1 unspecified atom stereocenters. The van der Waals surface area contributed by atoms with Crippen molar-refractivity contribution in [3.05, 3.63) is 34.4 Å². The Morgan fingerprint density at radius 1 is 1.16 bits per heavy atom. The van der Waals surface area contributed by atoms with Crippen LogP contribution in [0.3, 0.4) is 0 Å². The molecule has 0 saturated heterocycles. The molecule has 0 bridgehead atoms. The van der Waals surface area contributed by atoms with Gasteiger partial charge < -0.3 is 10.4 Å². The Morgan fingerprint density at radius 3 is 2.32 bits per heavy atom. The van der Waals surface area contributed by atoms with E-state index in [0.29, 0.717) is 12.1 Å². The first-order valence-corrected chi connectivity index (χ1v) is 6.40. The molecule has 0 aliphatic rings. The molecule has 1 rings (SSSR count). The van der Waals surface area contributed by atoms with Crippen molar-refractivity contribution in [2.24, 2.45) is 0 Å². The minimum Gasteiger partial charge on any atom is -0.481 e. The van der Waals surface area contributed by atoms with E-state index in [2.05, 4.69) is 5.32 Å². The van der Waals surface area contributed by atoms with E-state index in [1.54, 1.807) is 6.92 Å². The molecule has 0 saturated carbocycles. The van der Waals surface area contributed by atoms with Gasteiger partial charge in [0, 0.05) is 12.1 Å². The van der Waals surface area contributed by atoms with Crippen LogP contribution < -0.4 is 5.32 Å². The molecule has 0 spiro atoms. The zero-order chi connectivity index (χ0) is 14.6. The zero-order valence-electron chi connectivity index (χ0n) is 11.9. The van der Waals surface area contributed by atoms with Gasteiger partial charge in [-0.05, 0) is 50.5 Å². The standard InChI is InChI=1S/C15H21NO3/c1-9-7-11(3)13(8-10(9)2)15(19)12(4)16-6-5-14(17)18/h7-8,12,16H,5-6H2,1-4H3,(H,17,18). The molecule has 4 nitrogen and oxygen atoms in total. The normalized spacial score (nSPS) is 12.2. The first-order valence-electron chi connectivity index (χ1n) is 6.40. The van der Waals surface area contributed by atoms with Crippen molar-refractivity contribution in [2.75, 3.05) is 6.54 Å². The van der Waals surface area contributed by atoms with Crippen molar-refractivity contribution in [3.8, 4) is 0 Å². The number of carboxylic acids is 1. The van der Waals surface area contributed by atoms with Gasteiger partial charge in [0.1, 0.15) is 0 Å². The molecule has 0 heterocycles. The van der Waals surface area contributed by atoms with Gasteiger partial charge in [0.2, 0.25) is 0 Å². The van der Waals surface area contributed by atoms with Gasteiger partial charge in [-0.3, -0.25) is 9.59 Å². The number of aryl methyl sites for hydroxylation is 3. The smallest absolute Gasteiger partial charge is 0.304 e. The molecule has 1 aromatic rings. The molecule has 19 heavy (non-hydrogen) atoms. The number of carbonyl (C=O) groups excluding carboxylic acids is 1. The molecule has 1 atom stereocenters. The van der Waals surface area contributed by atoms with Gasteiger partial charge in [-0.15, -0.1) is 0 Å². The summed E-state index contributed by atoms with van der Waals surface area (Å²) in [6.45, 7) is 7.98. The summed E-state index contributed by atoms with van der Waals surface area (Å²) in [7, 11) is 0. The fourth-order valence-electron chi connectivity index (χ4n) is 1.95. The van der Waals surface area contributed by atoms with Crippen LogP contribution in [0, 0.1) is 20.8 Å². The second kappa shape index (κ2) is 6.48. The Bertz CT molecular complexity index is 494. The van der Waals surface area contributed by atoms with Gasteiger partial charge in [-0.1, -0.05) is 6.07 Å². The maximum atomic E-state index is 12.3. The minimum absolute atomic E-state index is 0.00555. The van der Waals surface area contributed by atoms with Crippen LogP contribution in [0.4, 0.5) is 0 Å². The summed E-state index contributed by atoms with van der Waals surface area (Å²) in [6, 6.07) is 3.54. The molecule has 2 N–H and O–H groups in total. The van der Waals surface area contributed by atoms with E-state index < -0.39 is 5.97 Å². The minimum atomic E-state index is -0.866. The molecular formula is C15H21NO3. The Kier molecular flexibility index (Phi) is 5.24. The van der Waals surface area contributed by atoms with E-state index in [1.165, 1.54) is 5.56 Å². The molecule has 0 aliphatic heterocycles. The van der Waals surface area contributed by atoms with Crippen LogP contribution in [0.15, 0.2) is 12.1 Å². The number of ketones is 1. The number of rotatable bonds is 6. The second-order valence-electron chi connectivity index (χ2n) is 4.94. The molecule has 0 amide bonds. The summed E-state index contributed by atoms with van der Waals surface area (Å²) in [5.74, 6) is -0.861. The summed E-state index contributed by atoms with van der Waals surface area (Å²) in [6.07, 6.45) is 0.0174. The van der Waals surface area contributed by atoms with Gasteiger partial charge in [-0.25, -0.2) is 0 Å². The molecule has 1 aromatic carbocycles.